The summed E-state index contributed by atoms with van der Waals surface area (Å²) in [5.41, 5.74) is 7.02. The molecule has 0 aromatic heterocycles. The van der Waals surface area contributed by atoms with Gasteiger partial charge in [-0.05, 0) is 55.4 Å². The van der Waals surface area contributed by atoms with Crippen LogP contribution in [-0.2, 0) is 0 Å². The average molecular weight is 318 g/mol. The fourth-order valence-electron chi connectivity index (χ4n) is 1.86. The lowest BCUT2D eigenvalue weighted by molar-refractivity contribution is 1.05. The summed E-state index contributed by atoms with van der Waals surface area (Å²) >= 11 is 11.1. The summed E-state index contributed by atoms with van der Waals surface area (Å²) in [5, 5.41) is 8.32. The molecule has 5 heteroatoms. The maximum atomic E-state index is 5.90. The number of hydrogen-bond donors (Lipinski definition) is 2. The van der Waals surface area contributed by atoms with Crippen molar-refractivity contribution in [2.75, 3.05) is 5.32 Å². The number of aryl methyl sites for hydroxylation is 2. The minimum atomic E-state index is 0.445. The first-order valence-corrected chi connectivity index (χ1v) is 7.26. The van der Waals surface area contributed by atoms with Crippen LogP contribution in [0.15, 0.2) is 47.6 Å². The van der Waals surface area contributed by atoms with Crippen LogP contribution in [0.1, 0.15) is 16.7 Å². The summed E-state index contributed by atoms with van der Waals surface area (Å²) in [7, 11) is 0. The van der Waals surface area contributed by atoms with Crippen molar-refractivity contribution in [1.82, 2.24) is 5.43 Å². The van der Waals surface area contributed by atoms with Crippen LogP contribution in [0.3, 0.4) is 0 Å². The maximum absolute atomic E-state index is 5.90. The molecule has 0 heterocycles. The van der Waals surface area contributed by atoms with E-state index in [9.17, 15) is 0 Å². The highest BCUT2D eigenvalue weighted by Gasteiger charge is 2.00. The van der Waals surface area contributed by atoms with Crippen molar-refractivity contribution in [3.05, 3.63) is 64.2 Å². The molecule has 0 aliphatic rings. The van der Waals surface area contributed by atoms with Gasteiger partial charge in [0.2, 0.25) is 0 Å². The summed E-state index contributed by atoms with van der Waals surface area (Å²) in [4.78, 5) is 0. The molecule has 0 saturated heterocycles. The van der Waals surface area contributed by atoms with E-state index in [0.717, 1.165) is 16.8 Å². The zero-order valence-corrected chi connectivity index (χ0v) is 13.4. The third kappa shape index (κ3) is 4.85. The molecule has 108 valence electrons. The van der Waals surface area contributed by atoms with E-state index in [4.69, 9.17) is 23.8 Å². The third-order valence-electron chi connectivity index (χ3n) is 2.86. The van der Waals surface area contributed by atoms with Gasteiger partial charge < -0.3 is 5.32 Å². The number of thiocarbonyl (C=S) groups is 1. The molecule has 2 rings (SSSR count). The monoisotopic (exact) mass is 317 g/mol. The first-order valence-electron chi connectivity index (χ1n) is 6.47. The lowest BCUT2D eigenvalue weighted by Gasteiger charge is -2.10. The summed E-state index contributed by atoms with van der Waals surface area (Å²) in [6, 6.07) is 13.6. The van der Waals surface area contributed by atoms with E-state index < -0.39 is 0 Å². The Hall–Kier alpha value is -1.91. The standard InChI is InChI=1S/C16H16ClN3S/c1-11-6-7-15(12(2)8-11)19-16(21)20-18-10-13-4-3-5-14(17)9-13/h3-10H,1-2H3,(H2,19,20,21)/b18-10+. The lowest BCUT2D eigenvalue weighted by Crippen LogP contribution is -2.24. The van der Waals surface area contributed by atoms with Crippen molar-refractivity contribution < 1.29 is 0 Å². The Kier molecular flexibility index (Phi) is 5.31. The number of nitrogens with one attached hydrogen (secondary N) is 2. The lowest BCUT2D eigenvalue weighted by atomic mass is 10.1. The molecule has 0 unspecified atom stereocenters. The highest BCUT2D eigenvalue weighted by Crippen LogP contribution is 2.15. The van der Waals surface area contributed by atoms with Gasteiger partial charge in [0.05, 0.1) is 6.21 Å². The average Bonchev–Trinajstić information content (AvgIpc) is 2.42. The number of nitrogens with zero attached hydrogens (tertiary/aromatic N) is 1. The highest BCUT2D eigenvalue weighted by atomic mass is 35.5. The Bertz CT molecular complexity index is 683. The Balaban J connectivity index is 1.93. The first-order chi connectivity index (χ1) is 10.0. The van der Waals surface area contributed by atoms with Gasteiger partial charge in [-0.25, -0.2) is 0 Å². The van der Waals surface area contributed by atoms with Crippen molar-refractivity contribution >= 4 is 40.8 Å². The van der Waals surface area contributed by atoms with Crippen molar-refractivity contribution in [1.29, 1.82) is 0 Å². The van der Waals surface area contributed by atoms with Crippen LogP contribution in [0.5, 0.6) is 0 Å². The SMILES string of the molecule is Cc1ccc(NC(=S)N/N=C/c2cccc(Cl)c2)c(C)c1. The largest absolute Gasteiger partial charge is 0.331 e. The minimum Gasteiger partial charge on any atom is -0.331 e. The van der Waals surface area contributed by atoms with Crippen molar-refractivity contribution in [3.63, 3.8) is 0 Å². The van der Waals surface area contributed by atoms with E-state index in [2.05, 4.69) is 28.8 Å². The molecule has 2 N–H and O–H groups in total. The fraction of sp³-hybridized carbons (Fsp3) is 0.125. The molecule has 2 aromatic carbocycles. The van der Waals surface area contributed by atoms with Crippen LogP contribution in [0.25, 0.3) is 0 Å². The van der Waals surface area contributed by atoms with Crippen LogP contribution in [0.2, 0.25) is 5.02 Å². The number of hydrogen-bond acceptors (Lipinski definition) is 2. The molecule has 0 bridgehead atoms. The van der Waals surface area contributed by atoms with Gasteiger partial charge in [-0.1, -0.05) is 41.4 Å². The first kappa shape index (κ1) is 15.5. The van der Waals surface area contributed by atoms with Crippen LogP contribution in [0.4, 0.5) is 5.69 Å². The number of halogens is 1. The van der Waals surface area contributed by atoms with E-state index in [1.54, 1.807) is 6.21 Å². The maximum Gasteiger partial charge on any atom is 0.191 e. The smallest absolute Gasteiger partial charge is 0.191 e. The molecule has 0 saturated carbocycles. The molecule has 0 fully saturated rings. The topological polar surface area (TPSA) is 36.4 Å². The molecule has 21 heavy (non-hydrogen) atoms. The van der Waals surface area contributed by atoms with E-state index in [1.165, 1.54) is 5.56 Å². The molecule has 0 aliphatic carbocycles. The van der Waals surface area contributed by atoms with Crippen LogP contribution in [0, 0.1) is 13.8 Å². The third-order valence-corrected chi connectivity index (χ3v) is 3.29. The quantitative estimate of drug-likeness (QED) is 0.504. The van der Waals surface area contributed by atoms with E-state index in [0.29, 0.717) is 10.1 Å². The summed E-state index contributed by atoms with van der Waals surface area (Å²) in [6.07, 6.45) is 1.67. The molecule has 2 aromatic rings. The summed E-state index contributed by atoms with van der Waals surface area (Å²) in [5.74, 6) is 0. The Morgan fingerprint density at radius 2 is 2.00 bits per heavy atom. The molecule has 0 aliphatic heterocycles. The molecule has 3 nitrogen and oxygen atoms in total. The van der Waals surface area contributed by atoms with Gasteiger partial charge in [-0.15, -0.1) is 0 Å². The molecule has 0 amide bonds. The number of anilines is 1. The zero-order valence-electron chi connectivity index (χ0n) is 11.9. The summed E-state index contributed by atoms with van der Waals surface area (Å²) in [6.45, 7) is 4.09. The Labute approximate surface area is 135 Å². The Morgan fingerprint density at radius 1 is 1.19 bits per heavy atom. The number of benzene rings is 2. The summed E-state index contributed by atoms with van der Waals surface area (Å²) < 4.78 is 0. The second-order valence-corrected chi connectivity index (χ2v) is 5.54. The van der Waals surface area contributed by atoms with Crippen molar-refractivity contribution in [3.8, 4) is 0 Å². The zero-order chi connectivity index (χ0) is 15.2. The van der Waals surface area contributed by atoms with Gasteiger partial charge in [0.15, 0.2) is 5.11 Å². The second kappa shape index (κ2) is 7.20. The number of hydrazone groups is 1. The van der Waals surface area contributed by atoms with Gasteiger partial charge in [0.1, 0.15) is 0 Å². The van der Waals surface area contributed by atoms with Gasteiger partial charge in [-0.3, -0.25) is 5.43 Å². The van der Waals surface area contributed by atoms with E-state index in [-0.39, 0.29) is 0 Å². The van der Waals surface area contributed by atoms with Gasteiger partial charge in [-0.2, -0.15) is 5.10 Å². The van der Waals surface area contributed by atoms with E-state index >= 15 is 0 Å². The second-order valence-electron chi connectivity index (χ2n) is 4.70. The van der Waals surface area contributed by atoms with Crippen molar-refractivity contribution in [2.24, 2.45) is 5.10 Å². The highest BCUT2D eigenvalue weighted by molar-refractivity contribution is 7.80. The van der Waals surface area contributed by atoms with Crippen LogP contribution < -0.4 is 10.7 Å². The molecule has 0 radical (unpaired) electrons. The molecule has 0 spiro atoms. The Morgan fingerprint density at radius 3 is 2.71 bits per heavy atom. The van der Waals surface area contributed by atoms with Gasteiger partial charge in [0, 0.05) is 10.7 Å². The van der Waals surface area contributed by atoms with Crippen molar-refractivity contribution in [2.45, 2.75) is 13.8 Å². The van der Waals surface area contributed by atoms with Crippen LogP contribution in [-0.4, -0.2) is 11.3 Å². The minimum absolute atomic E-state index is 0.445. The normalized spacial score (nSPS) is 10.6. The van der Waals surface area contributed by atoms with Gasteiger partial charge in [0.25, 0.3) is 0 Å². The number of rotatable bonds is 3. The molecular formula is C16H16ClN3S. The fourth-order valence-corrected chi connectivity index (χ4v) is 2.22. The van der Waals surface area contributed by atoms with Gasteiger partial charge >= 0.3 is 0 Å². The molecule has 0 atom stereocenters. The predicted molar refractivity (Wildman–Crippen MR) is 94.3 cm³/mol. The molecular weight excluding hydrogens is 302 g/mol. The van der Waals surface area contributed by atoms with Crippen LogP contribution >= 0.6 is 23.8 Å². The predicted octanol–water partition coefficient (Wildman–Crippen LogP) is 4.28. The van der Waals surface area contributed by atoms with E-state index in [1.807, 2.05) is 43.3 Å².